The van der Waals surface area contributed by atoms with Gasteiger partial charge in [0.25, 0.3) is 0 Å². The van der Waals surface area contributed by atoms with E-state index in [4.69, 9.17) is 91.9 Å². The molecule has 33 nitrogen and oxygen atoms in total. The standard InChI is InChI=1S/2In.6NO3.9H2O/c;;6*2-1(3)4;;;;;;;;;/h;;;;;;;;9*1H2/q2*+3;6*-1;;;;;;;;;. The van der Waals surface area contributed by atoms with Crippen LogP contribution in [0, 0.1) is 91.9 Å². The zero-order chi connectivity index (χ0) is 21.5. The second kappa shape index (κ2) is 126. The van der Waals surface area contributed by atoms with Gasteiger partial charge in [-0.3, -0.25) is 0 Å². The van der Waals surface area contributed by atoms with Crippen LogP contribution < -0.4 is 0 Å². The van der Waals surface area contributed by atoms with Gasteiger partial charge in [-0.2, -0.15) is 0 Å². The summed E-state index contributed by atoms with van der Waals surface area (Å²) in [7, 11) is 0. The fourth-order valence-corrected chi connectivity index (χ4v) is 0. The van der Waals surface area contributed by atoms with Crippen molar-refractivity contribution in [3.05, 3.63) is 91.9 Å². The van der Waals surface area contributed by atoms with Crippen LogP contribution in [-0.2, 0) is 0 Å². The summed E-state index contributed by atoms with van der Waals surface area (Å²) in [4.78, 5) is 49.5. The number of nitrogens with zero attached hydrogens (tertiary/aromatic N) is 6. The third-order valence-corrected chi connectivity index (χ3v) is 0. The van der Waals surface area contributed by atoms with Gasteiger partial charge in [-0.05, 0) is 0 Å². The maximum atomic E-state index is 8.25. The Bertz CT molecular complexity index is 265. The van der Waals surface area contributed by atoms with Crippen LogP contribution in [0.3, 0.4) is 0 Å². The first-order chi connectivity index (χ1) is 10.4. The number of hydrogen-bond acceptors (Lipinski definition) is 18. The molecule has 0 saturated carbocycles. The fourth-order valence-electron chi connectivity index (χ4n) is 0. The van der Waals surface area contributed by atoms with Crippen LogP contribution in [0.5, 0.6) is 0 Å². The number of rotatable bonds is 0. The van der Waals surface area contributed by atoms with Gasteiger partial charge >= 0.3 is 51.7 Å². The van der Waals surface area contributed by atoms with Crippen LogP contribution in [0.25, 0.3) is 0 Å². The summed E-state index contributed by atoms with van der Waals surface area (Å²) in [6, 6.07) is 0. The molecule has 0 heterocycles. The van der Waals surface area contributed by atoms with Gasteiger partial charge in [0.1, 0.15) is 0 Å². The predicted octanol–water partition coefficient (Wildman–Crippen LogP) is -9.62. The summed E-state index contributed by atoms with van der Waals surface area (Å²) in [6.07, 6.45) is 0. The van der Waals surface area contributed by atoms with E-state index in [-0.39, 0.29) is 101 Å². The predicted molar refractivity (Wildman–Crippen MR) is 106 cm³/mol. The molecule has 0 atom stereocenters. The Morgan fingerprint density at radius 1 is 0.229 bits per heavy atom. The fraction of sp³-hybridized carbons (Fsp3) is 0. The molecule has 0 aromatic heterocycles. The molecule has 0 aliphatic rings. The Kier molecular flexibility index (Phi) is 500. The van der Waals surface area contributed by atoms with E-state index >= 15 is 0 Å². The first-order valence-electron chi connectivity index (χ1n) is 3.29. The van der Waals surface area contributed by atoms with E-state index in [9.17, 15) is 0 Å². The molecule has 0 unspecified atom stereocenters. The van der Waals surface area contributed by atoms with Gasteiger partial charge < -0.3 is 141 Å². The molecular weight excluding hydrogens is 746 g/mol. The van der Waals surface area contributed by atoms with Crippen molar-refractivity contribution in [2.75, 3.05) is 0 Å². The van der Waals surface area contributed by atoms with Crippen molar-refractivity contribution in [1.82, 2.24) is 0 Å². The Morgan fingerprint density at radius 3 is 0.229 bits per heavy atom. The van der Waals surface area contributed by atoms with E-state index < -0.39 is 30.5 Å². The summed E-state index contributed by atoms with van der Waals surface area (Å²) in [6.45, 7) is 0. The van der Waals surface area contributed by atoms with E-state index in [1.54, 1.807) is 0 Å². The molecule has 0 spiro atoms. The Hall–Kier alpha value is -3.42. The molecule has 0 aliphatic carbocycles. The van der Waals surface area contributed by atoms with Crippen molar-refractivity contribution in [3.8, 4) is 0 Å². The van der Waals surface area contributed by atoms with Crippen LogP contribution in [0.1, 0.15) is 0 Å². The van der Waals surface area contributed by atoms with Gasteiger partial charge in [-0.15, -0.1) is 0 Å². The quantitative estimate of drug-likeness (QED) is 0.163. The summed E-state index contributed by atoms with van der Waals surface area (Å²) in [5.41, 5.74) is 0. The Morgan fingerprint density at radius 2 is 0.229 bits per heavy atom. The monoisotopic (exact) mass is 764 g/mol. The van der Waals surface area contributed by atoms with Crippen LogP contribution in [0.2, 0.25) is 0 Å². The van der Waals surface area contributed by atoms with E-state index in [2.05, 4.69) is 0 Å². The smallest absolute Gasteiger partial charge is 0.412 e. The summed E-state index contributed by atoms with van der Waals surface area (Å²) < 4.78 is 0. The van der Waals surface area contributed by atoms with E-state index in [1.807, 2.05) is 0 Å². The van der Waals surface area contributed by atoms with Crippen molar-refractivity contribution < 1.29 is 79.8 Å². The molecule has 0 saturated heterocycles. The van der Waals surface area contributed by atoms with Gasteiger partial charge in [-0.1, -0.05) is 0 Å². The largest absolute Gasteiger partial charge is 3.00 e. The molecule has 0 fully saturated rings. The molecule has 0 aliphatic heterocycles. The van der Waals surface area contributed by atoms with Gasteiger partial charge in [0, 0.05) is 0 Å². The third kappa shape index (κ3) is 2140. The molecule has 18 N–H and O–H groups in total. The molecule has 216 valence electrons. The van der Waals surface area contributed by atoms with Gasteiger partial charge in [0.15, 0.2) is 0 Å². The third-order valence-electron chi connectivity index (χ3n) is 0. The Balaban J connectivity index is -0.00000000697. The zero-order valence-electron chi connectivity index (χ0n) is 15.7. The second-order valence-electron chi connectivity index (χ2n) is 1.34. The zero-order valence-corrected chi connectivity index (χ0v) is 22.3. The van der Waals surface area contributed by atoms with Crippen molar-refractivity contribution >= 4 is 51.7 Å². The van der Waals surface area contributed by atoms with Crippen LogP contribution in [-0.4, -0.2) is 131 Å². The molecule has 0 bridgehead atoms. The van der Waals surface area contributed by atoms with Crippen molar-refractivity contribution in [2.45, 2.75) is 0 Å². The normalized spacial score (nSPS) is 4.11. The average Bonchev–Trinajstić information content (AvgIpc) is 2.08. The molecule has 0 aromatic rings. The van der Waals surface area contributed by atoms with Gasteiger partial charge in [-0.25, -0.2) is 0 Å². The van der Waals surface area contributed by atoms with Gasteiger partial charge in [0.05, 0.1) is 30.5 Å². The Labute approximate surface area is 223 Å². The summed E-state index contributed by atoms with van der Waals surface area (Å²) in [5.74, 6) is 0. The molecule has 35 heteroatoms. The molecule has 0 radical (unpaired) electrons. The van der Waals surface area contributed by atoms with Crippen LogP contribution in [0.15, 0.2) is 0 Å². The SMILES string of the molecule is O.O.O.O.O.O.O.O.O.O=[N+]([O-])[O-].O=[N+]([O-])[O-].O=[N+]([O-])[O-].O=[N+]([O-])[O-].O=[N+]([O-])[O-].O=[N+]([O-])[O-].[In+3].[In+3]. The second-order valence-corrected chi connectivity index (χ2v) is 1.34. The average molecular weight is 764 g/mol. The first-order valence-corrected chi connectivity index (χ1v) is 3.29. The van der Waals surface area contributed by atoms with Crippen LogP contribution in [0.4, 0.5) is 0 Å². The molecule has 0 aromatic carbocycles. The molecular formula is H18In2N6O27. The minimum Gasteiger partial charge on any atom is -0.412 e. The molecule has 0 amide bonds. The summed E-state index contributed by atoms with van der Waals surface area (Å²) >= 11 is 0. The minimum absolute atomic E-state index is 0. The summed E-state index contributed by atoms with van der Waals surface area (Å²) in [5, 5.41) is 88.5. The first kappa shape index (κ1) is 139. The minimum atomic E-state index is -1.75. The topological polar surface area (TPSA) is 681 Å². The maximum absolute atomic E-state index is 8.25. The number of hydrogen-bond donors (Lipinski definition) is 0. The maximum Gasteiger partial charge on any atom is 3.00 e. The van der Waals surface area contributed by atoms with Crippen molar-refractivity contribution in [1.29, 1.82) is 0 Å². The van der Waals surface area contributed by atoms with E-state index in [0.717, 1.165) is 0 Å². The van der Waals surface area contributed by atoms with Crippen molar-refractivity contribution in [3.63, 3.8) is 0 Å². The van der Waals surface area contributed by atoms with Crippen molar-refractivity contribution in [2.24, 2.45) is 0 Å². The van der Waals surface area contributed by atoms with E-state index in [0.29, 0.717) is 0 Å². The van der Waals surface area contributed by atoms with Gasteiger partial charge in [0.2, 0.25) is 0 Å². The molecule has 0 rings (SSSR count). The molecule has 35 heavy (non-hydrogen) atoms. The van der Waals surface area contributed by atoms with E-state index in [1.165, 1.54) is 0 Å². The van der Waals surface area contributed by atoms with Crippen LogP contribution >= 0.6 is 0 Å².